The third-order valence-corrected chi connectivity index (χ3v) is 3.18. The van der Waals surface area contributed by atoms with Crippen LogP contribution in [0, 0.1) is 5.82 Å². The van der Waals surface area contributed by atoms with Gasteiger partial charge in [0, 0.05) is 17.7 Å². The van der Waals surface area contributed by atoms with E-state index in [9.17, 15) is 4.39 Å². The van der Waals surface area contributed by atoms with Crippen molar-refractivity contribution in [3.63, 3.8) is 0 Å². The van der Waals surface area contributed by atoms with Crippen molar-refractivity contribution in [2.45, 2.75) is 19.6 Å². The van der Waals surface area contributed by atoms with Crippen LogP contribution in [-0.4, -0.2) is 0 Å². The zero-order valence-electron chi connectivity index (χ0n) is 9.52. The second kappa shape index (κ2) is 5.29. The van der Waals surface area contributed by atoms with Gasteiger partial charge in [-0.05, 0) is 35.4 Å². The van der Waals surface area contributed by atoms with Gasteiger partial charge in [-0.3, -0.25) is 0 Å². The van der Waals surface area contributed by atoms with Crippen LogP contribution < -0.4 is 10.5 Å². The smallest absolute Gasteiger partial charge is 0.131 e. The molecule has 0 amide bonds. The standard InChI is InChI=1S/C13H14FNOS/c1-9(15)12-3-2-11(6-13(12)14)16-7-10-4-5-17-8-10/h2-6,8-9H,7,15H2,1H3/t9-/m0/s1. The highest BCUT2D eigenvalue weighted by Crippen LogP contribution is 2.21. The molecule has 90 valence electrons. The van der Waals surface area contributed by atoms with Crippen LogP contribution in [0.2, 0.25) is 0 Å². The Hall–Kier alpha value is -1.39. The molecule has 0 aliphatic carbocycles. The quantitative estimate of drug-likeness (QED) is 0.902. The Morgan fingerprint density at radius 2 is 2.24 bits per heavy atom. The van der Waals surface area contributed by atoms with Crippen LogP contribution >= 0.6 is 11.3 Å². The SMILES string of the molecule is C[C@H](N)c1ccc(OCc2ccsc2)cc1F. The number of thiophene rings is 1. The molecule has 0 aliphatic rings. The largest absolute Gasteiger partial charge is 0.489 e. The Morgan fingerprint density at radius 1 is 1.41 bits per heavy atom. The van der Waals surface area contributed by atoms with Gasteiger partial charge in [-0.1, -0.05) is 6.07 Å². The Bertz CT molecular complexity index is 482. The minimum absolute atomic E-state index is 0.305. The predicted octanol–water partition coefficient (Wildman–Crippen LogP) is 3.49. The fourth-order valence-electron chi connectivity index (χ4n) is 1.51. The average molecular weight is 251 g/mol. The molecule has 17 heavy (non-hydrogen) atoms. The van der Waals surface area contributed by atoms with E-state index in [4.69, 9.17) is 10.5 Å². The van der Waals surface area contributed by atoms with E-state index in [1.807, 2.05) is 16.8 Å². The Labute approximate surface area is 104 Å². The molecular formula is C13H14FNOS. The van der Waals surface area contributed by atoms with E-state index >= 15 is 0 Å². The maximum Gasteiger partial charge on any atom is 0.131 e. The van der Waals surface area contributed by atoms with Crippen molar-refractivity contribution in [2.24, 2.45) is 5.73 Å². The monoisotopic (exact) mass is 251 g/mol. The molecule has 0 spiro atoms. The predicted molar refractivity (Wildman–Crippen MR) is 67.7 cm³/mol. The topological polar surface area (TPSA) is 35.2 Å². The third-order valence-electron chi connectivity index (χ3n) is 2.45. The highest BCUT2D eigenvalue weighted by Gasteiger charge is 2.08. The molecule has 2 nitrogen and oxygen atoms in total. The number of benzene rings is 1. The van der Waals surface area contributed by atoms with Crippen LogP contribution in [0.25, 0.3) is 0 Å². The molecule has 1 atom stereocenters. The summed E-state index contributed by atoms with van der Waals surface area (Å²) in [7, 11) is 0. The van der Waals surface area contributed by atoms with Gasteiger partial charge in [-0.2, -0.15) is 11.3 Å². The summed E-state index contributed by atoms with van der Waals surface area (Å²) >= 11 is 1.61. The van der Waals surface area contributed by atoms with Crippen LogP contribution in [-0.2, 0) is 6.61 Å². The van der Waals surface area contributed by atoms with E-state index in [1.54, 1.807) is 30.4 Å². The van der Waals surface area contributed by atoms with Crippen LogP contribution in [0.3, 0.4) is 0 Å². The fourth-order valence-corrected chi connectivity index (χ4v) is 2.16. The number of halogens is 1. The summed E-state index contributed by atoms with van der Waals surface area (Å²) < 4.78 is 19.1. The molecular weight excluding hydrogens is 237 g/mol. The first kappa shape index (κ1) is 12.1. The van der Waals surface area contributed by atoms with Crippen molar-refractivity contribution < 1.29 is 9.13 Å². The van der Waals surface area contributed by atoms with Crippen molar-refractivity contribution in [2.75, 3.05) is 0 Å². The molecule has 1 aromatic carbocycles. The molecule has 0 bridgehead atoms. The second-order valence-corrected chi connectivity index (χ2v) is 4.67. The highest BCUT2D eigenvalue weighted by atomic mass is 32.1. The van der Waals surface area contributed by atoms with E-state index in [0.29, 0.717) is 17.9 Å². The number of hydrogen-bond acceptors (Lipinski definition) is 3. The lowest BCUT2D eigenvalue weighted by atomic mass is 10.1. The summed E-state index contributed by atoms with van der Waals surface area (Å²) in [6.07, 6.45) is 0. The van der Waals surface area contributed by atoms with Crippen molar-refractivity contribution >= 4 is 11.3 Å². The second-order valence-electron chi connectivity index (χ2n) is 3.89. The molecule has 2 aromatic rings. The van der Waals surface area contributed by atoms with Gasteiger partial charge in [0.1, 0.15) is 18.2 Å². The van der Waals surface area contributed by atoms with E-state index < -0.39 is 0 Å². The molecule has 1 heterocycles. The van der Waals surface area contributed by atoms with Crippen LogP contribution in [0.1, 0.15) is 24.1 Å². The van der Waals surface area contributed by atoms with E-state index in [-0.39, 0.29) is 11.9 Å². The number of rotatable bonds is 4. The fraction of sp³-hybridized carbons (Fsp3) is 0.231. The highest BCUT2D eigenvalue weighted by molar-refractivity contribution is 7.07. The average Bonchev–Trinajstić information content (AvgIpc) is 2.78. The van der Waals surface area contributed by atoms with Crippen LogP contribution in [0.15, 0.2) is 35.0 Å². The molecule has 1 aromatic heterocycles. The van der Waals surface area contributed by atoms with Crippen molar-refractivity contribution in [1.29, 1.82) is 0 Å². The first-order chi connectivity index (χ1) is 8.16. The minimum Gasteiger partial charge on any atom is -0.489 e. The molecule has 0 saturated carbocycles. The van der Waals surface area contributed by atoms with Gasteiger partial charge in [-0.15, -0.1) is 0 Å². The molecule has 0 aliphatic heterocycles. The van der Waals surface area contributed by atoms with Gasteiger partial charge in [-0.25, -0.2) is 4.39 Å². The van der Waals surface area contributed by atoms with E-state index in [1.165, 1.54) is 6.07 Å². The third kappa shape index (κ3) is 3.05. The Morgan fingerprint density at radius 3 is 2.82 bits per heavy atom. The Balaban J connectivity index is 2.05. The van der Waals surface area contributed by atoms with E-state index in [2.05, 4.69) is 0 Å². The molecule has 0 unspecified atom stereocenters. The van der Waals surface area contributed by atoms with Gasteiger partial charge in [0.25, 0.3) is 0 Å². The minimum atomic E-state index is -0.317. The zero-order chi connectivity index (χ0) is 12.3. The summed E-state index contributed by atoms with van der Waals surface area (Å²) in [6.45, 7) is 2.21. The molecule has 2 N–H and O–H groups in total. The van der Waals surface area contributed by atoms with Crippen LogP contribution in [0.5, 0.6) is 5.75 Å². The lowest BCUT2D eigenvalue weighted by molar-refractivity contribution is 0.305. The molecule has 0 radical (unpaired) electrons. The lowest BCUT2D eigenvalue weighted by Gasteiger charge is -2.10. The van der Waals surface area contributed by atoms with Crippen molar-refractivity contribution in [1.82, 2.24) is 0 Å². The Kier molecular flexibility index (Phi) is 3.76. The van der Waals surface area contributed by atoms with Crippen LogP contribution in [0.4, 0.5) is 4.39 Å². The number of nitrogens with two attached hydrogens (primary N) is 1. The summed E-state index contributed by atoms with van der Waals surface area (Å²) in [6, 6.07) is 6.47. The van der Waals surface area contributed by atoms with Gasteiger partial charge in [0.05, 0.1) is 0 Å². The maximum absolute atomic E-state index is 13.6. The number of hydrogen-bond donors (Lipinski definition) is 1. The number of ether oxygens (including phenoxy) is 1. The molecule has 0 saturated heterocycles. The maximum atomic E-state index is 13.6. The van der Waals surface area contributed by atoms with E-state index in [0.717, 1.165) is 5.56 Å². The molecule has 4 heteroatoms. The lowest BCUT2D eigenvalue weighted by Crippen LogP contribution is -2.07. The molecule has 2 rings (SSSR count). The van der Waals surface area contributed by atoms with Crippen molar-refractivity contribution in [3.8, 4) is 5.75 Å². The first-order valence-electron chi connectivity index (χ1n) is 5.35. The normalized spacial score (nSPS) is 12.4. The molecule has 0 fully saturated rings. The van der Waals surface area contributed by atoms with Gasteiger partial charge >= 0.3 is 0 Å². The summed E-state index contributed by atoms with van der Waals surface area (Å²) in [5.74, 6) is 0.209. The summed E-state index contributed by atoms with van der Waals surface area (Å²) in [4.78, 5) is 0. The van der Waals surface area contributed by atoms with Crippen molar-refractivity contribution in [3.05, 3.63) is 52.0 Å². The summed E-state index contributed by atoms with van der Waals surface area (Å²) in [5.41, 5.74) is 7.23. The van der Waals surface area contributed by atoms with Gasteiger partial charge < -0.3 is 10.5 Å². The zero-order valence-corrected chi connectivity index (χ0v) is 10.3. The first-order valence-corrected chi connectivity index (χ1v) is 6.30. The summed E-state index contributed by atoms with van der Waals surface area (Å²) in [5, 5.41) is 3.99. The van der Waals surface area contributed by atoms with Gasteiger partial charge in [0.2, 0.25) is 0 Å². The van der Waals surface area contributed by atoms with Gasteiger partial charge in [0.15, 0.2) is 0 Å².